The number of thioether (sulfide) groups is 1. The molecule has 3 N–H and O–H groups in total. The van der Waals surface area contributed by atoms with Crippen LogP contribution in [0.3, 0.4) is 0 Å². The molecule has 2 nitrogen and oxygen atoms in total. The topological polar surface area (TPSA) is 44.7 Å². The Morgan fingerprint density at radius 2 is 2.57 bits per heavy atom. The van der Waals surface area contributed by atoms with Gasteiger partial charge < -0.3 is 5.73 Å². The van der Waals surface area contributed by atoms with Gasteiger partial charge in [-0.2, -0.15) is 0 Å². The van der Waals surface area contributed by atoms with Gasteiger partial charge in [-0.05, 0) is 0 Å². The summed E-state index contributed by atoms with van der Waals surface area (Å²) >= 11 is 1.40. The van der Waals surface area contributed by atoms with E-state index >= 15 is 0 Å². The summed E-state index contributed by atoms with van der Waals surface area (Å²) in [5.41, 5.74) is 3.65. The van der Waals surface area contributed by atoms with Crippen molar-refractivity contribution in [2.75, 3.05) is 5.75 Å². The number of hydrogen-bond acceptors (Lipinski definition) is 2. The van der Waals surface area contributed by atoms with Gasteiger partial charge in [-0.25, -0.2) is 0 Å². The normalized spacial score (nSPS) is 31.6. The van der Waals surface area contributed by atoms with E-state index in [1.54, 1.807) is 0 Å². The minimum Gasteiger partial charge on any atom is -0.348 e. The van der Waals surface area contributed by atoms with Crippen LogP contribution >= 0.6 is 11.8 Å². The Morgan fingerprint density at radius 3 is 2.71 bits per heavy atom. The Bertz CT molecular complexity index is 93.7. The largest absolute Gasteiger partial charge is 0.348 e. The van der Waals surface area contributed by atoms with Crippen molar-refractivity contribution in [2.45, 2.75) is 12.5 Å². The molecule has 0 spiro atoms. The Morgan fingerprint density at radius 1 is 1.86 bits per heavy atom. The van der Waals surface area contributed by atoms with E-state index in [-0.39, 0.29) is 11.2 Å². The van der Waals surface area contributed by atoms with Crippen LogP contribution in [0.25, 0.3) is 0 Å². The fourth-order valence-electron chi connectivity index (χ4n) is 0.537. The molecule has 1 atom stereocenters. The maximum absolute atomic E-state index is 10.5. The molecular weight excluding hydrogens is 110 g/mol. The number of hydrogen-bond donors (Lipinski definition) is 1. The molecule has 0 amide bonds. The zero-order valence-corrected chi connectivity index (χ0v) is 4.83. The molecule has 3 heteroatoms. The summed E-state index contributed by atoms with van der Waals surface area (Å²) in [5, 5.41) is 0.264. The molecule has 1 aliphatic rings. The lowest BCUT2D eigenvalue weighted by Crippen LogP contribution is -2.62. The van der Waals surface area contributed by atoms with Gasteiger partial charge in [0, 0.05) is 12.2 Å². The van der Waals surface area contributed by atoms with Crippen molar-refractivity contribution < 1.29 is 10.5 Å². The molecule has 0 aromatic rings. The van der Waals surface area contributed by atoms with Crippen LogP contribution in [0.2, 0.25) is 0 Å². The SMILES string of the molecule is [NH3+]C1CCSC1=O. The van der Waals surface area contributed by atoms with Crippen LogP contribution in [-0.2, 0) is 4.79 Å². The fourth-order valence-corrected chi connectivity index (χ4v) is 1.49. The molecule has 1 unspecified atom stereocenters. The van der Waals surface area contributed by atoms with Crippen molar-refractivity contribution in [3.63, 3.8) is 0 Å². The maximum Gasteiger partial charge on any atom is 0.246 e. The number of rotatable bonds is 0. The van der Waals surface area contributed by atoms with Crippen molar-refractivity contribution in [2.24, 2.45) is 0 Å². The quantitative estimate of drug-likeness (QED) is 0.455. The van der Waals surface area contributed by atoms with Gasteiger partial charge in [0.2, 0.25) is 5.12 Å². The Kier molecular flexibility index (Phi) is 1.35. The van der Waals surface area contributed by atoms with E-state index in [0.29, 0.717) is 0 Å². The number of carbonyl (C=O) groups is 1. The molecule has 1 saturated heterocycles. The Balaban J connectivity index is 2.48. The zero-order chi connectivity index (χ0) is 5.28. The van der Waals surface area contributed by atoms with Gasteiger partial charge in [-0.1, -0.05) is 11.8 Å². The van der Waals surface area contributed by atoms with Crippen LogP contribution in [0.15, 0.2) is 0 Å². The summed E-state index contributed by atoms with van der Waals surface area (Å²) in [4.78, 5) is 10.5. The van der Waals surface area contributed by atoms with Gasteiger partial charge in [0.25, 0.3) is 0 Å². The fraction of sp³-hybridized carbons (Fsp3) is 0.750. The molecule has 1 heterocycles. The molecular formula is C4H8NOS+. The van der Waals surface area contributed by atoms with E-state index in [1.807, 2.05) is 0 Å². The van der Waals surface area contributed by atoms with Gasteiger partial charge >= 0.3 is 0 Å². The highest BCUT2D eigenvalue weighted by Crippen LogP contribution is 2.15. The molecule has 1 fully saturated rings. The highest BCUT2D eigenvalue weighted by atomic mass is 32.2. The number of carbonyl (C=O) groups excluding carboxylic acids is 1. The van der Waals surface area contributed by atoms with E-state index in [0.717, 1.165) is 12.2 Å². The lowest BCUT2D eigenvalue weighted by atomic mass is 10.3. The minimum atomic E-state index is 0.0880. The minimum absolute atomic E-state index is 0.0880. The van der Waals surface area contributed by atoms with Crippen LogP contribution in [0.4, 0.5) is 0 Å². The van der Waals surface area contributed by atoms with Crippen LogP contribution in [0.1, 0.15) is 6.42 Å². The second-order valence-corrected chi connectivity index (χ2v) is 2.75. The molecule has 0 radical (unpaired) electrons. The monoisotopic (exact) mass is 118 g/mol. The molecule has 40 valence electrons. The van der Waals surface area contributed by atoms with Crippen LogP contribution in [0.5, 0.6) is 0 Å². The predicted molar refractivity (Wildman–Crippen MR) is 28.8 cm³/mol. The second-order valence-electron chi connectivity index (χ2n) is 1.65. The van der Waals surface area contributed by atoms with Crippen LogP contribution < -0.4 is 5.73 Å². The standard InChI is InChI=1S/C4H7NOS/c5-3-1-2-7-4(3)6/h3H,1-2,5H2/p+1. The third-order valence-electron chi connectivity index (χ3n) is 1.04. The third-order valence-corrected chi connectivity index (χ3v) is 2.10. The predicted octanol–water partition coefficient (Wildman–Crippen LogP) is -0.740. The van der Waals surface area contributed by atoms with Crippen molar-refractivity contribution in [1.82, 2.24) is 0 Å². The third kappa shape index (κ3) is 0.951. The lowest BCUT2D eigenvalue weighted by molar-refractivity contribution is -0.400. The van der Waals surface area contributed by atoms with Crippen molar-refractivity contribution in [1.29, 1.82) is 0 Å². The van der Waals surface area contributed by atoms with Gasteiger partial charge in [0.15, 0.2) is 6.04 Å². The van der Waals surface area contributed by atoms with Crippen molar-refractivity contribution in [3.8, 4) is 0 Å². The second kappa shape index (κ2) is 1.84. The molecule has 1 rings (SSSR count). The average molecular weight is 118 g/mol. The maximum atomic E-state index is 10.5. The summed E-state index contributed by atoms with van der Waals surface area (Å²) in [5.74, 6) is 0.979. The van der Waals surface area contributed by atoms with E-state index in [2.05, 4.69) is 5.73 Å². The van der Waals surface area contributed by atoms with E-state index < -0.39 is 0 Å². The first kappa shape index (κ1) is 5.12. The summed E-state index contributed by atoms with van der Waals surface area (Å²) < 4.78 is 0. The molecule has 0 aromatic carbocycles. The summed E-state index contributed by atoms with van der Waals surface area (Å²) in [6.07, 6.45) is 0.976. The molecule has 0 saturated carbocycles. The van der Waals surface area contributed by atoms with Crippen molar-refractivity contribution in [3.05, 3.63) is 0 Å². The zero-order valence-electron chi connectivity index (χ0n) is 4.02. The van der Waals surface area contributed by atoms with E-state index in [4.69, 9.17) is 0 Å². The van der Waals surface area contributed by atoms with Gasteiger partial charge in [0.05, 0.1) is 0 Å². The lowest BCUT2D eigenvalue weighted by Gasteiger charge is -1.86. The Labute approximate surface area is 46.5 Å². The summed E-state index contributed by atoms with van der Waals surface area (Å²) in [7, 11) is 0. The first-order valence-electron chi connectivity index (χ1n) is 2.30. The number of quaternary nitrogens is 1. The first-order valence-corrected chi connectivity index (χ1v) is 3.29. The molecule has 0 aliphatic carbocycles. The Hall–Kier alpha value is -0.0200. The molecule has 0 aromatic heterocycles. The van der Waals surface area contributed by atoms with Gasteiger partial charge in [0.1, 0.15) is 0 Å². The molecule has 1 aliphatic heterocycles. The van der Waals surface area contributed by atoms with Gasteiger partial charge in [-0.15, -0.1) is 0 Å². The van der Waals surface area contributed by atoms with E-state index in [1.165, 1.54) is 11.8 Å². The average Bonchev–Trinajstić information content (AvgIpc) is 1.91. The highest BCUT2D eigenvalue weighted by molar-refractivity contribution is 8.14. The van der Waals surface area contributed by atoms with Gasteiger partial charge in [-0.3, -0.25) is 4.79 Å². The van der Waals surface area contributed by atoms with Crippen molar-refractivity contribution >= 4 is 16.9 Å². The van der Waals surface area contributed by atoms with E-state index in [9.17, 15) is 4.79 Å². The molecule has 7 heavy (non-hydrogen) atoms. The highest BCUT2D eigenvalue weighted by Gasteiger charge is 2.23. The summed E-state index contributed by atoms with van der Waals surface area (Å²) in [6.45, 7) is 0. The smallest absolute Gasteiger partial charge is 0.246 e. The van der Waals surface area contributed by atoms with Crippen LogP contribution in [-0.4, -0.2) is 16.9 Å². The molecule has 0 bridgehead atoms. The first-order chi connectivity index (χ1) is 3.30. The summed E-state index contributed by atoms with van der Waals surface area (Å²) in [6, 6.07) is 0.0880. The van der Waals surface area contributed by atoms with Crippen LogP contribution in [0, 0.1) is 0 Å².